The van der Waals surface area contributed by atoms with Gasteiger partial charge in [-0.1, -0.05) is 52.9 Å². The smallest absolute Gasteiger partial charge is 0.255 e. The van der Waals surface area contributed by atoms with Crippen LogP contribution in [0.1, 0.15) is 100 Å². The SMILES string of the molecule is C[C@H](CC1CCCCC1)C(=O)N1CCC(O)(Cn2cc(C(=O)N(C)C)c(C3CC3)cc2=O)C(C)(C)C1. The summed E-state index contributed by atoms with van der Waals surface area (Å²) in [7, 11) is 3.43. The molecule has 4 rings (SSSR count). The molecule has 0 bridgehead atoms. The van der Waals surface area contributed by atoms with Gasteiger partial charge < -0.3 is 19.5 Å². The number of carbonyl (C=O) groups excluding carboxylic acids is 2. The molecule has 0 spiro atoms. The Morgan fingerprint density at radius 3 is 2.39 bits per heavy atom. The third kappa shape index (κ3) is 5.56. The average Bonchev–Trinajstić information content (AvgIpc) is 3.67. The van der Waals surface area contributed by atoms with Crippen LogP contribution in [-0.4, -0.2) is 64.1 Å². The van der Waals surface area contributed by atoms with Gasteiger partial charge in [0.05, 0.1) is 17.7 Å². The van der Waals surface area contributed by atoms with E-state index in [4.69, 9.17) is 0 Å². The maximum atomic E-state index is 13.3. The van der Waals surface area contributed by atoms with E-state index in [0.717, 1.165) is 24.8 Å². The number of carbonyl (C=O) groups is 2. The number of pyridine rings is 1. The molecule has 1 aliphatic heterocycles. The summed E-state index contributed by atoms with van der Waals surface area (Å²) >= 11 is 0. The van der Waals surface area contributed by atoms with Gasteiger partial charge in [0, 0.05) is 50.8 Å². The van der Waals surface area contributed by atoms with Gasteiger partial charge in [0.25, 0.3) is 11.5 Å². The first-order valence-corrected chi connectivity index (χ1v) is 13.9. The number of hydrogen-bond donors (Lipinski definition) is 1. The minimum atomic E-state index is -1.17. The minimum absolute atomic E-state index is 0.00714. The molecule has 1 saturated heterocycles. The number of rotatable bonds is 7. The lowest BCUT2D eigenvalue weighted by atomic mass is 9.69. The van der Waals surface area contributed by atoms with Crippen molar-refractivity contribution < 1.29 is 14.7 Å². The normalized spacial score (nSPS) is 25.4. The number of aromatic nitrogens is 1. The molecule has 0 radical (unpaired) electrons. The van der Waals surface area contributed by atoms with E-state index in [1.54, 1.807) is 26.4 Å². The van der Waals surface area contributed by atoms with Gasteiger partial charge in [-0.3, -0.25) is 14.4 Å². The first kappa shape index (κ1) is 26.9. The molecule has 3 aliphatic rings. The first-order chi connectivity index (χ1) is 16.9. The van der Waals surface area contributed by atoms with Crippen LogP contribution < -0.4 is 5.56 Å². The van der Waals surface area contributed by atoms with Crippen molar-refractivity contribution in [2.45, 2.75) is 96.6 Å². The van der Waals surface area contributed by atoms with Gasteiger partial charge in [-0.05, 0) is 43.1 Å². The summed E-state index contributed by atoms with van der Waals surface area (Å²) in [5, 5.41) is 11.8. The highest BCUT2D eigenvalue weighted by atomic mass is 16.3. The number of nitrogens with zero attached hydrogens (tertiary/aromatic N) is 3. The third-order valence-electron chi connectivity index (χ3n) is 9.03. The Hall–Kier alpha value is -2.15. The maximum Gasteiger partial charge on any atom is 0.255 e. The Kier molecular flexibility index (Phi) is 7.70. The largest absolute Gasteiger partial charge is 0.387 e. The molecule has 3 fully saturated rings. The molecule has 1 N–H and O–H groups in total. The summed E-state index contributed by atoms with van der Waals surface area (Å²) in [4.78, 5) is 42.7. The predicted molar refractivity (Wildman–Crippen MR) is 141 cm³/mol. The fourth-order valence-corrected chi connectivity index (χ4v) is 6.32. The Morgan fingerprint density at radius 2 is 1.81 bits per heavy atom. The number of amides is 2. The molecular formula is C29H45N3O4. The Morgan fingerprint density at radius 1 is 1.14 bits per heavy atom. The molecule has 0 aromatic carbocycles. The van der Waals surface area contributed by atoms with E-state index < -0.39 is 11.0 Å². The molecule has 1 aromatic rings. The van der Waals surface area contributed by atoms with Gasteiger partial charge in [-0.15, -0.1) is 0 Å². The second kappa shape index (κ2) is 10.3. The van der Waals surface area contributed by atoms with E-state index in [2.05, 4.69) is 6.92 Å². The van der Waals surface area contributed by atoms with E-state index >= 15 is 0 Å². The highest BCUT2D eigenvalue weighted by Crippen LogP contribution is 2.43. The predicted octanol–water partition coefficient (Wildman–Crippen LogP) is 4.02. The van der Waals surface area contributed by atoms with Crippen molar-refractivity contribution in [2.75, 3.05) is 27.2 Å². The summed E-state index contributed by atoms with van der Waals surface area (Å²) in [6, 6.07) is 1.59. The van der Waals surface area contributed by atoms with E-state index in [-0.39, 0.29) is 35.8 Å². The van der Waals surface area contributed by atoms with Crippen molar-refractivity contribution in [3.63, 3.8) is 0 Å². The van der Waals surface area contributed by atoms with E-state index in [1.165, 1.54) is 41.6 Å². The Labute approximate surface area is 215 Å². The van der Waals surface area contributed by atoms with Gasteiger partial charge in [0.2, 0.25) is 5.91 Å². The highest BCUT2D eigenvalue weighted by molar-refractivity contribution is 5.95. The lowest BCUT2D eigenvalue weighted by Gasteiger charge is -2.51. The lowest BCUT2D eigenvalue weighted by molar-refractivity contribution is -0.157. The highest BCUT2D eigenvalue weighted by Gasteiger charge is 2.49. The van der Waals surface area contributed by atoms with Crippen LogP contribution in [0.5, 0.6) is 0 Å². The van der Waals surface area contributed by atoms with Crippen molar-refractivity contribution in [1.82, 2.24) is 14.4 Å². The Bertz CT molecular complexity index is 1040. The van der Waals surface area contributed by atoms with Crippen molar-refractivity contribution in [1.29, 1.82) is 0 Å². The summed E-state index contributed by atoms with van der Waals surface area (Å²) < 4.78 is 1.51. The summed E-state index contributed by atoms with van der Waals surface area (Å²) in [5.41, 5.74) is -0.580. The zero-order valence-corrected chi connectivity index (χ0v) is 22.9. The molecule has 2 aliphatic carbocycles. The molecule has 1 aromatic heterocycles. The molecule has 200 valence electrons. The number of aliphatic hydroxyl groups is 1. The van der Waals surface area contributed by atoms with Crippen LogP contribution in [0.25, 0.3) is 0 Å². The molecule has 2 atom stereocenters. The van der Waals surface area contributed by atoms with E-state index in [1.807, 2.05) is 18.7 Å². The lowest BCUT2D eigenvalue weighted by Crippen LogP contribution is -2.61. The van der Waals surface area contributed by atoms with Crippen LogP contribution in [0.2, 0.25) is 0 Å². The quantitative estimate of drug-likeness (QED) is 0.614. The van der Waals surface area contributed by atoms with Crippen molar-refractivity contribution in [2.24, 2.45) is 17.3 Å². The number of likely N-dealkylation sites (tertiary alicyclic amines) is 1. The maximum absolute atomic E-state index is 13.3. The number of piperidine rings is 1. The van der Waals surface area contributed by atoms with E-state index in [9.17, 15) is 19.5 Å². The Balaban J connectivity index is 1.49. The fourth-order valence-electron chi connectivity index (χ4n) is 6.32. The van der Waals surface area contributed by atoms with Gasteiger partial charge in [-0.2, -0.15) is 0 Å². The zero-order valence-electron chi connectivity index (χ0n) is 22.9. The molecule has 7 heteroatoms. The summed E-state index contributed by atoms with van der Waals surface area (Å²) in [6.07, 6.45) is 11.3. The van der Waals surface area contributed by atoms with Crippen LogP contribution in [0.3, 0.4) is 0 Å². The van der Waals surface area contributed by atoms with Crippen molar-refractivity contribution in [3.05, 3.63) is 33.7 Å². The monoisotopic (exact) mass is 499 g/mol. The second-order valence-corrected chi connectivity index (χ2v) is 12.6. The third-order valence-corrected chi connectivity index (χ3v) is 9.03. The molecule has 2 saturated carbocycles. The van der Waals surface area contributed by atoms with E-state index in [0.29, 0.717) is 31.0 Å². The molecule has 2 heterocycles. The van der Waals surface area contributed by atoms with Crippen molar-refractivity contribution >= 4 is 11.8 Å². The fraction of sp³-hybridized carbons (Fsp3) is 0.759. The number of hydrogen-bond acceptors (Lipinski definition) is 4. The zero-order chi connectivity index (χ0) is 26.3. The first-order valence-electron chi connectivity index (χ1n) is 13.9. The van der Waals surface area contributed by atoms with Crippen LogP contribution in [0.15, 0.2) is 17.1 Å². The molecule has 1 unspecified atom stereocenters. The van der Waals surface area contributed by atoms with Crippen LogP contribution in [-0.2, 0) is 11.3 Å². The molecule has 36 heavy (non-hydrogen) atoms. The van der Waals surface area contributed by atoms with Crippen LogP contribution in [0.4, 0.5) is 0 Å². The van der Waals surface area contributed by atoms with Gasteiger partial charge in [0.1, 0.15) is 0 Å². The van der Waals surface area contributed by atoms with Gasteiger partial charge in [0.15, 0.2) is 0 Å². The summed E-state index contributed by atoms with van der Waals surface area (Å²) in [5.74, 6) is 0.977. The van der Waals surface area contributed by atoms with Crippen LogP contribution >= 0.6 is 0 Å². The van der Waals surface area contributed by atoms with Crippen molar-refractivity contribution in [3.8, 4) is 0 Å². The molecule has 7 nitrogen and oxygen atoms in total. The summed E-state index contributed by atoms with van der Waals surface area (Å²) in [6.45, 7) is 7.05. The average molecular weight is 500 g/mol. The van der Waals surface area contributed by atoms with Gasteiger partial charge >= 0.3 is 0 Å². The molecular weight excluding hydrogens is 454 g/mol. The molecule has 2 amide bonds. The minimum Gasteiger partial charge on any atom is -0.387 e. The standard InChI is InChI=1S/C29H45N3O4/c1-20(15-21-9-7-6-8-10-21)26(34)31-14-13-29(36,28(2,3)18-31)19-32-17-24(27(35)30(4)5)23(16-25(32)33)22-11-12-22/h16-17,20-22,36H,6-15,18-19H2,1-5H3/t20-,29?/m1/s1. The van der Waals surface area contributed by atoms with Crippen LogP contribution in [0, 0.1) is 17.3 Å². The topological polar surface area (TPSA) is 82.8 Å². The second-order valence-electron chi connectivity index (χ2n) is 12.6. The van der Waals surface area contributed by atoms with Gasteiger partial charge in [-0.25, -0.2) is 0 Å².